The molecule has 0 atom stereocenters. The average molecular weight is 457 g/mol. The molecule has 0 bridgehead atoms. The van der Waals surface area contributed by atoms with E-state index in [2.05, 4.69) is 38.8 Å². The van der Waals surface area contributed by atoms with E-state index >= 15 is 0 Å². The predicted octanol–water partition coefficient (Wildman–Crippen LogP) is 4.08. The molecule has 32 heavy (non-hydrogen) atoms. The first kappa shape index (κ1) is 22.9. The number of aryl methyl sites for hydroxylation is 1. The van der Waals surface area contributed by atoms with Crippen LogP contribution in [0.2, 0.25) is 0 Å². The molecule has 0 aliphatic carbocycles. The van der Waals surface area contributed by atoms with Crippen molar-refractivity contribution in [3.63, 3.8) is 0 Å². The van der Waals surface area contributed by atoms with Crippen LogP contribution in [0.15, 0.2) is 59.5 Å². The number of nitro groups is 1. The lowest BCUT2D eigenvalue weighted by Crippen LogP contribution is -2.23. The smallest absolute Gasteiger partial charge is 0.269 e. The first-order chi connectivity index (χ1) is 15.2. The maximum atomic E-state index is 12.5. The quantitative estimate of drug-likeness (QED) is 0.364. The van der Waals surface area contributed by atoms with E-state index in [1.807, 2.05) is 13.0 Å². The van der Waals surface area contributed by atoms with Gasteiger partial charge in [0.2, 0.25) is 5.95 Å². The number of sulfonamides is 1. The Labute approximate surface area is 186 Å². The van der Waals surface area contributed by atoms with Crippen LogP contribution in [0.1, 0.15) is 19.5 Å². The van der Waals surface area contributed by atoms with Crippen LogP contribution in [0, 0.1) is 17.0 Å². The number of hydrogen-bond donors (Lipinski definition) is 2. The highest BCUT2D eigenvalue weighted by atomic mass is 32.2. The average Bonchev–Trinajstić information content (AvgIpc) is 2.75. The van der Waals surface area contributed by atoms with Gasteiger partial charge in [-0.25, -0.2) is 13.4 Å². The maximum Gasteiger partial charge on any atom is 0.269 e. The molecule has 1 aromatic heterocycles. The third-order valence-corrected chi connectivity index (χ3v) is 6.08. The lowest BCUT2D eigenvalue weighted by atomic mass is 10.3. The molecule has 2 aromatic carbocycles. The van der Waals surface area contributed by atoms with Crippen molar-refractivity contribution < 1.29 is 13.3 Å². The number of hydrogen-bond acceptors (Lipinski definition) is 8. The van der Waals surface area contributed by atoms with Gasteiger partial charge in [0.25, 0.3) is 15.7 Å². The summed E-state index contributed by atoms with van der Waals surface area (Å²) in [5.41, 5.74) is 1.70. The second-order valence-electron chi connectivity index (χ2n) is 6.92. The standard InChI is InChI=1S/C21H24N6O4S/c1-4-26(5-2)20-14-15(3)22-21(24-20)23-16-6-8-17(9-7-16)25-32(30,31)19-12-10-18(11-13-19)27(28)29/h6-14,25H,4-5H2,1-3H3,(H,22,23,24). The van der Waals surface area contributed by atoms with E-state index in [0.717, 1.165) is 36.7 Å². The van der Waals surface area contributed by atoms with Gasteiger partial charge in [0.1, 0.15) is 5.82 Å². The number of benzene rings is 2. The Kier molecular flexibility index (Phi) is 6.89. The second kappa shape index (κ2) is 9.60. The lowest BCUT2D eigenvalue weighted by molar-refractivity contribution is -0.384. The summed E-state index contributed by atoms with van der Waals surface area (Å²) in [6, 6.07) is 13.2. The molecule has 3 rings (SSSR count). The number of nitrogens with one attached hydrogen (secondary N) is 2. The Bertz CT molecular complexity index is 1190. The van der Waals surface area contributed by atoms with Crippen molar-refractivity contribution >= 4 is 38.9 Å². The molecule has 0 spiro atoms. The topological polar surface area (TPSA) is 130 Å². The summed E-state index contributed by atoms with van der Waals surface area (Å²) in [4.78, 5) is 21.2. The molecule has 10 nitrogen and oxygen atoms in total. The minimum absolute atomic E-state index is 0.0672. The van der Waals surface area contributed by atoms with Crippen molar-refractivity contribution in [1.82, 2.24) is 9.97 Å². The zero-order valence-corrected chi connectivity index (χ0v) is 18.8. The molecule has 3 aromatic rings. The molecule has 0 unspecified atom stereocenters. The zero-order chi connectivity index (χ0) is 23.3. The van der Waals surface area contributed by atoms with Crippen LogP contribution in [0.4, 0.5) is 28.8 Å². The fourth-order valence-corrected chi connectivity index (χ4v) is 4.09. The summed E-state index contributed by atoms with van der Waals surface area (Å²) in [6.45, 7) is 7.68. The summed E-state index contributed by atoms with van der Waals surface area (Å²) in [6.07, 6.45) is 0. The van der Waals surface area contributed by atoms with E-state index in [0.29, 0.717) is 17.3 Å². The van der Waals surface area contributed by atoms with Gasteiger partial charge >= 0.3 is 0 Å². The monoisotopic (exact) mass is 456 g/mol. The summed E-state index contributed by atoms with van der Waals surface area (Å²) < 4.78 is 27.5. The van der Waals surface area contributed by atoms with Crippen LogP contribution in [-0.4, -0.2) is 36.4 Å². The van der Waals surface area contributed by atoms with Crippen LogP contribution in [0.5, 0.6) is 0 Å². The van der Waals surface area contributed by atoms with Crippen molar-refractivity contribution in [2.75, 3.05) is 28.0 Å². The minimum atomic E-state index is -3.88. The largest absolute Gasteiger partial charge is 0.357 e. The SMILES string of the molecule is CCN(CC)c1cc(C)nc(Nc2ccc(NS(=O)(=O)c3ccc([N+](=O)[O-])cc3)cc2)n1. The molecule has 1 heterocycles. The van der Waals surface area contributed by atoms with Crippen LogP contribution in [0.25, 0.3) is 0 Å². The Hall–Kier alpha value is -3.73. The van der Waals surface area contributed by atoms with E-state index in [4.69, 9.17) is 0 Å². The summed E-state index contributed by atoms with van der Waals surface area (Å²) in [5.74, 6) is 1.28. The van der Waals surface area contributed by atoms with Crippen molar-refractivity contribution in [2.45, 2.75) is 25.7 Å². The second-order valence-corrected chi connectivity index (χ2v) is 8.60. The van der Waals surface area contributed by atoms with Crippen molar-refractivity contribution in [3.05, 3.63) is 70.4 Å². The van der Waals surface area contributed by atoms with Crippen LogP contribution in [-0.2, 0) is 10.0 Å². The fourth-order valence-electron chi connectivity index (χ4n) is 3.03. The van der Waals surface area contributed by atoms with Crippen LogP contribution >= 0.6 is 0 Å². The molecule has 0 aliphatic rings. The van der Waals surface area contributed by atoms with Crippen molar-refractivity contribution in [3.8, 4) is 0 Å². The van der Waals surface area contributed by atoms with Gasteiger partial charge in [-0.1, -0.05) is 0 Å². The maximum absolute atomic E-state index is 12.5. The molecule has 0 amide bonds. The number of anilines is 4. The summed E-state index contributed by atoms with van der Waals surface area (Å²) >= 11 is 0. The molecule has 2 N–H and O–H groups in total. The fraction of sp³-hybridized carbons (Fsp3) is 0.238. The Morgan fingerprint density at radius 3 is 2.12 bits per heavy atom. The number of nitrogens with zero attached hydrogens (tertiary/aromatic N) is 4. The summed E-state index contributed by atoms with van der Waals surface area (Å²) in [5, 5.41) is 13.9. The number of rotatable bonds is 9. The van der Waals surface area contributed by atoms with Gasteiger partial charge in [-0.15, -0.1) is 0 Å². The van der Waals surface area contributed by atoms with Crippen molar-refractivity contribution in [2.24, 2.45) is 0 Å². The first-order valence-electron chi connectivity index (χ1n) is 9.97. The van der Waals surface area contributed by atoms with Gasteiger partial charge in [-0.05, 0) is 57.2 Å². The normalized spacial score (nSPS) is 11.1. The van der Waals surface area contributed by atoms with E-state index in [-0.39, 0.29) is 10.6 Å². The molecule has 0 saturated carbocycles. The molecule has 0 aliphatic heterocycles. The molecule has 168 valence electrons. The van der Waals surface area contributed by atoms with Crippen molar-refractivity contribution in [1.29, 1.82) is 0 Å². The van der Waals surface area contributed by atoms with Gasteiger partial charge in [0, 0.05) is 48.4 Å². The number of nitro benzene ring substituents is 1. The first-order valence-corrected chi connectivity index (χ1v) is 11.4. The molecule has 0 fully saturated rings. The van der Waals surface area contributed by atoms with Gasteiger partial charge in [-0.2, -0.15) is 4.98 Å². The molecule has 0 saturated heterocycles. The van der Waals surface area contributed by atoms with E-state index in [9.17, 15) is 18.5 Å². The molecular weight excluding hydrogens is 432 g/mol. The predicted molar refractivity (Wildman–Crippen MR) is 124 cm³/mol. The molecule has 0 radical (unpaired) electrons. The zero-order valence-electron chi connectivity index (χ0n) is 17.9. The number of aromatic nitrogens is 2. The highest BCUT2D eigenvalue weighted by molar-refractivity contribution is 7.92. The molecule has 11 heteroatoms. The van der Waals surface area contributed by atoms with Gasteiger partial charge in [-0.3, -0.25) is 14.8 Å². The van der Waals surface area contributed by atoms with Crippen LogP contribution < -0.4 is 14.9 Å². The Morgan fingerprint density at radius 1 is 0.969 bits per heavy atom. The van der Waals surface area contributed by atoms with E-state index in [1.54, 1.807) is 24.3 Å². The van der Waals surface area contributed by atoms with Gasteiger partial charge < -0.3 is 10.2 Å². The third-order valence-electron chi connectivity index (χ3n) is 4.68. The minimum Gasteiger partial charge on any atom is -0.357 e. The lowest BCUT2D eigenvalue weighted by Gasteiger charge is -2.20. The third kappa shape index (κ3) is 5.49. The van der Waals surface area contributed by atoms with E-state index < -0.39 is 14.9 Å². The Balaban J connectivity index is 1.73. The highest BCUT2D eigenvalue weighted by Gasteiger charge is 2.16. The highest BCUT2D eigenvalue weighted by Crippen LogP contribution is 2.22. The summed E-state index contributed by atoms with van der Waals surface area (Å²) in [7, 11) is -3.88. The number of non-ortho nitro benzene ring substituents is 1. The van der Waals surface area contributed by atoms with Crippen LogP contribution in [0.3, 0.4) is 0 Å². The van der Waals surface area contributed by atoms with Gasteiger partial charge in [0.15, 0.2) is 0 Å². The Morgan fingerprint density at radius 2 is 1.56 bits per heavy atom. The van der Waals surface area contributed by atoms with Gasteiger partial charge in [0.05, 0.1) is 9.82 Å². The van der Waals surface area contributed by atoms with E-state index in [1.165, 1.54) is 12.1 Å². The molecular formula is C21H24N6O4S.